The third-order valence-electron chi connectivity index (χ3n) is 4.12. The molecule has 0 amide bonds. The average molecular weight is 356 g/mol. The third kappa shape index (κ3) is 2.25. The first kappa shape index (κ1) is 15.9. The van der Waals surface area contributed by atoms with E-state index in [2.05, 4.69) is 15.0 Å². The van der Waals surface area contributed by atoms with Gasteiger partial charge in [0, 0.05) is 0 Å². The molecule has 2 saturated heterocycles. The first-order chi connectivity index (χ1) is 11.4. The van der Waals surface area contributed by atoms with Crippen molar-refractivity contribution in [2.45, 2.75) is 24.5 Å². The van der Waals surface area contributed by atoms with Crippen LogP contribution in [0.5, 0.6) is 0 Å². The Bertz CT molecular complexity index is 827. The number of ether oxygens (including phenoxy) is 1. The van der Waals surface area contributed by atoms with E-state index in [4.69, 9.17) is 19.5 Å². The summed E-state index contributed by atoms with van der Waals surface area (Å²) in [5.74, 6) is 0.236. The quantitative estimate of drug-likeness (QED) is 0.693. The molecule has 130 valence electrons. The zero-order valence-electron chi connectivity index (χ0n) is 13.0. The average Bonchev–Trinajstić information content (AvgIpc) is 3.10. The Morgan fingerprint density at radius 2 is 2.21 bits per heavy atom. The number of aromatic nitrogens is 4. The maximum atomic E-state index is 12.5. The number of nitrogens with two attached hydrogens (primary N) is 1. The number of rotatable bonds is 2. The van der Waals surface area contributed by atoms with Gasteiger partial charge in [0.1, 0.15) is 30.2 Å². The molecule has 0 bridgehead atoms. The van der Waals surface area contributed by atoms with Crippen molar-refractivity contribution in [2.75, 3.05) is 26.4 Å². The first-order valence-electron chi connectivity index (χ1n) is 7.28. The minimum absolute atomic E-state index is 0.0530. The molecule has 12 heteroatoms. The van der Waals surface area contributed by atoms with Crippen LogP contribution < -0.4 is 5.73 Å². The molecule has 2 aromatic rings. The molecular formula is C12H17N6O5P. The van der Waals surface area contributed by atoms with E-state index in [0.717, 1.165) is 0 Å². The highest BCUT2D eigenvalue weighted by Gasteiger charge is 2.53. The lowest BCUT2D eigenvalue weighted by Crippen LogP contribution is -2.41. The number of imidazole rings is 1. The lowest BCUT2D eigenvalue weighted by molar-refractivity contribution is -0.0626. The van der Waals surface area contributed by atoms with Gasteiger partial charge in [0.05, 0.1) is 12.9 Å². The Morgan fingerprint density at radius 3 is 2.96 bits per heavy atom. The summed E-state index contributed by atoms with van der Waals surface area (Å²) >= 11 is 0. The standard InChI is InChI=1S/C12H17N6O5P/c1-17(2)24(20)21-3-6-9(23-24)8(19)12(22-6)18-5-16-7-10(13)14-4-15-11(7)18/h4-6,8-9,12,19H,3H2,1-2H3,(H2,13,14,15)/t6-,8-,9-,12-,24-/m1/s1. The number of anilines is 1. The SMILES string of the molecule is CN(C)[P@@]1(=O)OC[C@H]2O[C@@H](n3cnc4c(N)ncnc43)[C@H](O)[C@@H]2O1. The van der Waals surface area contributed by atoms with E-state index in [9.17, 15) is 9.67 Å². The molecule has 0 aromatic carbocycles. The van der Waals surface area contributed by atoms with E-state index in [1.807, 2.05) is 0 Å². The summed E-state index contributed by atoms with van der Waals surface area (Å²) in [6.45, 7) is 0.0530. The summed E-state index contributed by atoms with van der Waals surface area (Å²) in [6.07, 6.45) is -0.438. The molecule has 0 aliphatic carbocycles. The highest BCUT2D eigenvalue weighted by atomic mass is 31.2. The van der Waals surface area contributed by atoms with Crippen LogP contribution >= 0.6 is 7.75 Å². The van der Waals surface area contributed by atoms with Crippen LogP contribution in [0.1, 0.15) is 6.23 Å². The molecule has 2 aliphatic heterocycles. The Morgan fingerprint density at radius 1 is 1.42 bits per heavy atom. The summed E-state index contributed by atoms with van der Waals surface area (Å²) < 4.78 is 32.1. The summed E-state index contributed by atoms with van der Waals surface area (Å²) in [5, 5.41) is 10.6. The smallest absolute Gasteiger partial charge is 0.386 e. The molecule has 3 N–H and O–H groups in total. The minimum atomic E-state index is -3.43. The van der Waals surface area contributed by atoms with Gasteiger partial charge in [-0.15, -0.1) is 0 Å². The highest BCUT2D eigenvalue weighted by molar-refractivity contribution is 7.51. The molecule has 4 rings (SSSR count). The minimum Gasteiger partial charge on any atom is -0.386 e. The molecule has 11 nitrogen and oxygen atoms in total. The van der Waals surface area contributed by atoms with Crippen LogP contribution in [0.3, 0.4) is 0 Å². The lowest BCUT2D eigenvalue weighted by atomic mass is 10.1. The van der Waals surface area contributed by atoms with Crippen LogP contribution in [0.15, 0.2) is 12.7 Å². The first-order valence-corrected chi connectivity index (χ1v) is 8.77. The lowest BCUT2D eigenvalue weighted by Gasteiger charge is -2.34. The monoisotopic (exact) mass is 356 g/mol. The van der Waals surface area contributed by atoms with Crippen molar-refractivity contribution in [3.8, 4) is 0 Å². The van der Waals surface area contributed by atoms with Gasteiger partial charge in [-0.05, 0) is 14.1 Å². The predicted octanol–water partition coefficient (Wildman–Crippen LogP) is -0.248. The van der Waals surface area contributed by atoms with Crippen LogP contribution in [0, 0.1) is 0 Å². The van der Waals surface area contributed by atoms with Crippen LogP contribution in [0.2, 0.25) is 0 Å². The molecule has 0 radical (unpaired) electrons. The van der Waals surface area contributed by atoms with Crippen molar-refractivity contribution in [2.24, 2.45) is 0 Å². The fourth-order valence-electron chi connectivity index (χ4n) is 2.83. The maximum Gasteiger partial charge on any atom is 0.408 e. The summed E-state index contributed by atoms with van der Waals surface area (Å²) in [4.78, 5) is 12.2. The number of nitrogen functional groups attached to an aromatic ring is 1. The molecule has 0 unspecified atom stereocenters. The van der Waals surface area contributed by atoms with E-state index >= 15 is 0 Å². The number of hydrogen-bond donors (Lipinski definition) is 2. The molecule has 0 saturated carbocycles. The van der Waals surface area contributed by atoms with Gasteiger partial charge in [0.25, 0.3) is 0 Å². The summed E-state index contributed by atoms with van der Waals surface area (Å²) in [6, 6.07) is 0. The Hall–Kier alpha value is -1.62. The summed E-state index contributed by atoms with van der Waals surface area (Å²) in [5.41, 5.74) is 6.62. The van der Waals surface area contributed by atoms with Gasteiger partial charge in [-0.3, -0.25) is 13.6 Å². The van der Waals surface area contributed by atoms with Crippen LogP contribution in [0.25, 0.3) is 11.2 Å². The van der Waals surface area contributed by atoms with E-state index in [1.165, 1.54) is 17.3 Å². The molecule has 2 fully saturated rings. The number of aliphatic hydroxyl groups is 1. The second-order valence-corrected chi connectivity index (χ2v) is 8.03. The number of fused-ring (bicyclic) bond motifs is 2. The third-order valence-corrected chi connectivity index (χ3v) is 6.08. The van der Waals surface area contributed by atoms with Gasteiger partial charge in [-0.25, -0.2) is 24.2 Å². The van der Waals surface area contributed by atoms with Gasteiger partial charge >= 0.3 is 7.75 Å². The normalized spacial score (nSPS) is 36.3. The van der Waals surface area contributed by atoms with E-state index in [0.29, 0.717) is 11.2 Å². The van der Waals surface area contributed by atoms with E-state index < -0.39 is 32.3 Å². The zero-order valence-corrected chi connectivity index (χ0v) is 13.9. The van der Waals surface area contributed by atoms with Crippen molar-refractivity contribution in [1.82, 2.24) is 24.2 Å². The van der Waals surface area contributed by atoms with Gasteiger partial charge in [0.15, 0.2) is 17.7 Å². The number of hydrogen-bond acceptors (Lipinski definition) is 9. The summed E-state index contributed by atoms with van der Waals surface area (Å²) in [7, 11) is -0.255. The molecule has 0 spiro atoms. The van der Waals surface area contributed by atoms with Gasteiger partial charge in [-0.2, -0.15) is 0 Å². The molecular weight excluding hydrogens is 339 g/mol. The van der Waals surface area contributed by atoms with Gasteiger partial charge < -0.3 is 15.6 Å². The largest absolute Gasteiger partial charge is 0.408 e. The topological polar surface area (TPSA) is 138 Å². The predicted molar refractivity (Wildman–Crippen MR) is 81.8 cm³/mol. The Labute approximate surface area is 136 Å². The highest BCUT2D eigenvalue weighted by Crippen LogP contribution is 2.57. The molecule has 2 aliphatic rings. The van der Waals surface area contributed by atoms with Crippen molar-refractivity contribution in [3.63, 3.8) is 0 Å². The Balaban J connectivity index is 1.67. The molecule has 2 aromatic heterocycles. The van der Waals surface area contributed by atoms with Crippen LogP contribution in [-0.4, -0.2) is 68.3 Å². The fraction of sp³-hybridized carbons (Fsp3) is 0.583. The van der Waals surface area contributed by atoms with Crippen LogP contribution in [-0.2, 0) is 18.3 Å². The molecule has 4 heterocycles. The maximum absolute atomic E-state index is 12.5. The van der Waals surface area contributed by atoms with Crippen molar-refractivity contribution < 1.29 is 23.5 Å². The molecule has 5 atom stereocenters. The van der Waals surface area contributed by atoms with Crippen molar-refractivity contribution in [1.29, 1.82) is 0 Å². The molecule has 24 heavy (non-hydrogen) atoms. The number of nitrogens with zero attached hydrogens (tertiary/aromatic N) is 5. The fourth-order valence-corrected chi connectivity index (χ4v) is 4.22. The van der Waals surface area contributed by atoms with Crippen molar-refractivity contribution in [3.05, 3.63) is 12.7 Å². The zero-order chi connectivity index (χ0) is 17.1. The number of aliphatic hydroxyl groups excluding tert-OH is 1. The van der Waals surface area contributed by atoms with Gasteiger partial charge in [-0.1, -0.05) is 0 Å². The van der Waals surface area contributed by atoms with Crippen molar-refractivity contribution >= 4 is 24.7 Å². The second-order valence-electron chi connectivity index (χ2n) is 5.82. The van der Waals surface area contributed by atoms with E-state index in [1.54, 1.807) is 18.7 Å². The second kappa shape index (κ2) is 5.45. The van der Waals surface area contributed by atoms with Crippen LogP contribution in [0.4, 0.5) is 5.82 Å². The van der Waals surface area contributed by atoms with E-state index in [-0.39, 0.29) is 12.4 Å². The van der Waals surface area contributed by atoms with Gasteiger partial charge in [0.2, 0.25) is 0 Å². The Kier molecular flexibility index (Phi) is 3.60.